The number of rotatable bonds is 4. The van der Waals surface area contributed by atoms with E-state index < -0.39 is 0 Å². The predicted octanol–water partition coefficient (Wildman–Crippen LogP) is 1.56. The number of tetrazole rings is 1. The van der Waals surface area contributed by atoms with Gasteiger partial charge in [-0.2, -0.15) is 0 Å². The first kappa shape index (κ1) is 18.6. The van der Waals surface area contributed by atoms with Gasteiger partial charge in [0.05, 0.1) is 0 Å². The molecule has 0 atom stereocenters. The zero-order chi connectivity index (χ0) is 20.5. The van der Waals surface area contributed by atoms with Gasteiger partial charge < -0.3 is 14.4 Å². The first-order valence-corrected chi connectivity index (χ1v) is 9.90. The van der Waals surface area contributed by atoms with Crippen LogP contribution in [0.25, 0.3) is 11.4 Å². The van der Waals surface area contributed by atoms with Crippen molar-refractivity contribution in [2.45, 2.75) is 6.54 Å². The number of aromatic nitrogens is 4. The lowest BCUT2D eigenvalue weighted by atomic mass is 10.1. The van der Waals surface area contributed by atoms with E-state index in [1.165, 1.54) is 5.56 Å². The summed E-state index contributed by atoms with van der Waals surface area (Å²) in [6.45, 7) is 4.15. The molecule has 3 aromatic rings. The molecule has 1 saturated heterocycles. The van der Waals surface area contributed by atoms with Crippen LogP contribution in [0.4, 0.5) is 0 Å². The van der Waals surface area contributed by atoms with Crippen molar-refractivity contribution in [3.63, 3.8) is 0 Å². The number of hydrogen-bond acceptors (Lipinski definition) is 7. The largest absolute Gasteiger partial charge is 0.454 e. The van der Waals surface area contributed by atoms with E-state index in [9.17, 15) is 4.79 Å². The smallest absolute Gasteiger partial charge is 0.253 e. The number of carbonyl (C=O) groups excluding carboxylic acids is 1. The summed E-state index contributed by atoms with van der Waals surface area (Å²) in [5.74, 6) is 2.28. The minimum absolute atomic E-state index is 0.0368. The number of carbonyl (C=O) groups is 1. The van der Waals surface area contributed by atoms with Crippen LogP contribution in [-0.2, 0) is 13.6 Å². The van der Waals surface area contributed by atoms with Crippen molar-refractivity contribution in [3.8, 4) is 22.9 Å². The molecule has 2 aliphatic heterocycles. The van der Waals surface area contributed by atoms with Gasteiger partial charge >= 0.3 is 0 Å². The summed E-state index contributed by atoms with van der Waals surface area (Å²) < 4.78 is 12.4. The molecule has 1 fully saturated rings. The molecule has 2 aliphatic rings. The summed E-state index contributed by atoms with van der Waals surface area (Å²) in [6.07, 6.45) is 0. The number of benzene rings is 2. The average Bonchev–Trinajstić information content (AvgIpc) is 3.42. The van der Waals surface area contributed by atoms with Crippen molar-refractivity contribution in [1.82, 2.24) is 30.0 Å². The molecular formula is C21H22N6O3. The Morgan fingerprint density at radius 2 is 1.87 bits per heavy atom. The number of amides is 1. The highest BCUT2D eigenvalue weighted by atomic mass is 16.7. The van der Waals surface area contributed by atoms with Crippen LogP contribution in [-0.4, -0.2) is 68.9 Å². The molecule has 0 unspecified atom stereocenters. The molecule has 0 N–H and O–H groups in total. The van der Waals surface area contributed by atoms with Gasteiger partial charge in [-0.25, -0.2) is 4.68 Å². The summed E-state index contributed by atoms with van der Waals surface area (Å²) in [5, 5.41) is 11.6. The zero-order valence-electron chi connectivity index (χ0n) is 16.7. The van der Waals surface area contributed by atoms with Gasteiger partial charge in [0, 0.05) is 50.9 Å². The fourth-order valence-corrected chi connectivity index (χ4v) is 3.85. The lowest BCUT2D eigenvalue weighted by molar-refractivity contribution is 0.0628. The van der Waals surface area contributed by atoms with Gasteiger partial charge in [-0.15, -0.1) is 5.10 Å². The van der Waals surface area contributed by atoms with Gasteiger partial charge in [0.2, 0.25) is 6.79 Å². The Morgan fingerprint density at radius 3 is 2.67 bits per heavy atom. The summed E-state index contributed by atoms with van der Waals surface area (Å²) in [7, 11) is 1.78. The van der Waals surface area contributed by atoms with E-state index in [1.54, 1.807) is 11.7 Å². The molecule has 2 aromatic carbocycles. The Labute approximate surface area is 173 Å². The SMILES string of the molecule is Cn1nnnc1-c1cccc(C(=O)N2CCN(Cc3ccc4c(c3)OCO4)CC2)c1. The fraction of sp³-hybridized carbons (Fsp3) is 0.333. The van der Waals surface area contributed by atoms with Crippen molar-refractivity contribution in [2.75, 3.05) is 33.0 Å². The molecule has 3 heterocycles. The average molecular weight is 406 g/mol. The minimum Gasteiger partial charge on any atom is -0.454 e. The molecule has 9 heteroatoms. The summed E-state index contributed by atoms with van der Waals surface area (Å²) in [5.41, 5.74) is 2.67. The molecule has 0 radical (unpaired) electrons. The van der Waals surface area contributed by atoms with Crippen molar-refractivity contribution < 1.29 is 14.3 Å². The zero-order valence-corrected chi connectivity index (χ0v) is 16.7. The Bertz CT molecular complexity index is 1070. The molecule has 0 aliphatic carbocycles. The molecule has 154 valence electrons. The van der Waals surface area contributed by atoms with E-state index in [1.807, 2.05) is 41.3 Å². The second-order valence-corrected chi connectivity index (χ2v) is 7.46. The van der Waals surface area contributed by atoms with E-state index in [0.717, 1.165) is 36.7 Å². The third-order valence-corrected chi connectivity index (χ3v) is 5.49. The highest BCUT2D eigenvalue weighted by Gasteiger charge is 2.23. The van der Waals surface area contributed by atoms with Gasteiger partial charge in [-0.1, -0.05) is 18.2 Å². The lowest BCUT2D eigenvalue weighted by Gasteiger charge is -2.34. The van der Waals surface area contributed by atoms with Crippen LogP contribution in [0.1, 0.15) is 15.9 Å². The first-order valence-electron chi connectivity index (χ1n) is 9.90. The van der Waals surface area contributed by atoms with Gasteiger partial charge in [0.25, 0.3) is 5.91 Å². The molecule has 1 amide bonds. The Kier molecular flexibility index (Phi) is 4.80. The number of ether oxygens (including phenoxy) is 2. The van der Waals surface area contributed by atoms with E-state index in [2.05, 4.69) is 26.5 Å². The topological polar surface area (TPSA) is 85.6 Å². The molecule has 1 aromatic heterocycles. The van der Waals surface area contributed by atoms with Crippen LogP contribution in [0.5, 0.6) is 11.5 Å². The predicted molar refractivity (Wildman–Crippen MR) is 108 cm³/mol. The van der Waals surface area contributed by atoms with Crippen molar-refractivity contribution in [1.29, 1.82) is 0 Å². The number of hydrogen-bond donors (Lipinski definition) is 0. The Hall–Kier alpha value is -3.46. The maximum absolute atomic E-state index is 13.0. The summed E-state index contributed by atoms with van der Waals surface area (Å²) >= 11 is 0. The molecule has 0 bridgehead atoms. The Balaban J connectivity index is 1.21. The lowest BCUT2D eigenvalue weighted by Crippen LogP contribution is -2.48. The molecule has 30 heavy (non-hydrogen) atoms. The van der Waals surface area contributed by atoms with Gasteiger partial charge in [-0.3, -0.25) is 9.69 Å². The van der Waals surface area contributed by atoms with Crippen molar-refractivity contribution in [2.24, 2.45) is 7.05 Å². The van der Waals surface area contributed by atoms with Crippen LogP contribution < -0.4 is 9.47 Å². The maximum Gasteiger partial charge on any atom is 0.253 e. The summed E-state index contributed by atoms with van der Waals surface area (Å²) in [4.78, 5) is 17.3. The third-order valence-electron chi connectivity index (χ3n) is 5.49. The quantitative estimate of drug-likeness (QED) is 0.650. The number of nitrogens with zero attached hydrogens (tertiary/aromatic N) is 6. The highest BCUT2D eigenvalue weighted by molar-refractivity contribution is 5.95. The van der Waals surface area contributed by atoms with E-state index in [4.69, 9.17) is 9.47 Å². The molecule has 9 nitrogen and oxygen atoms in total. The summed E-state index contributed by atoms with van der Waals surface area (Å²) in [6, 6.07) is 13.5. The van der Waals surface area contributed by atoms with Gasteiger partial charge in [0.1, 0.15) is 0 Å². The van der Waals surface area contributed by atoms with Crippen LogP contribution in [0.3, 0.4) is 0 Å². The molecule has 5 rings (SSSR count). The van der Waals surface area contributed by atoms with E-state index in [0.29, 0.717) is 24.5 Å². The maximum atomic E-state index is 13.0. The number of aryl methyl sites for hydroxylation is 1. The van der Waals surface area contributed by atoms with E-state index >= 15 is 0 Å². The van der Waals surface area contributed by atoms with Crippen molar-refractivity contribution >= 4 is 5.91 Å². The molecule has 0 spiro atoms. The number of piperazine rings is 1. The van der Waals surface area contributed by atoms with Gasteiger partial charge in [-0.05, 0) is 40.3 Å². The normalized spacial score (nSPS) is 16.1. The van der Waals surface area contributed by atoms with Crippen molar-refractivity contribution in [3.05, 3.63) is 53.6 Å². The second kappa shape index (κ2) is 7.75. The second-order valence-electron chi connectivity index (χ2n) is 7.46. The molecular weight excluding hydrogens is 384 g/mol. The third kappa shape index (κ3) is 3.59. The van der Waals surface area contributed by atoms with Gasteiger partial charge in [0.15, 0.2) is 17.3 Å². The highest BCUT2D eigenvalue weighted by Crippen LogP contribution is 2.32. The van der Waals surface area contributed by atoms with E-state index in [-0.39, 0.29) is 12.7 Å². The van der Waals surface area contributed by atoms with Crippen LogP contribution in [0.15, 0.2) is 42.5 Å². The van der Waals surface area contributed by atoms with Crippen LogP contribution in [0.2, 0.25) is 0 Å². The standard InChI is InChI=1S/C21H22N6O3/c1-25-20(22-23-24-25)16-3-2-4-17(12-16)21(28)27-9-7-26(8-10-27)13-15-5-6-18-19(11-15)30-14-29-18/h2-6,11-12H,7-10,13-14H2,1H3. The molecule has 0 saturated carbocycles. The van der Waals surface area contributed by atoms with Crippen LogP contribution >= 0.6 is 0 Å². The minimum atomic E-state index is 0.0368. The number of fused-ring (bicyclic) bond motifs is 1. The first-order chi connectivity index (χ1) is 14.7. The van der Waals surface area contributed by atoms with Crippen LogP contribution in [0, 0.1) is 0 Å². The Morgan fingerprint density at radius 1 is 1.03 bits per heavy atom. The monoisotopic (exact) mass is 406 g/mol. The fourth-order valence-electron chi connectivity index (χ4n) is 3.85.